The third kappa shape index (κ3) is 5.76. The first kappa shape index (κ1) is 21.7. The van der Waals surface area contributed by atoms with Crippen molar-refractivity contribution in [3.8, 4) is 11.5 Å². The molecule has 0 spiro atoms. The Labute approximate surface area is 178 Å². The highest BCUT2D eigenvalue weighted by Crippen LogP contribution is 2.28. The number of amides is 1. The van der Waals surface area contributed by atoms with Crippen molar-refractivity contribution in [2.75, 3.05) is 44.9 Å². The third-order valence-electron chi connectivity index (χ3n) is 5.05. The molecule has 2 aromatic rings. The minimum Gasteiger partial charge on any atom is -0.493 e. The van der Waals surface area contributed by atoms with Gasteiger partial charge in [0.1, 0.15) is 0 Å². The summed E-state index contributed by atoms with van der Waals surface area (Å²) in [4.78, 5) is 14.7. The van der Waals surface area contributed by atoms with Gasteiger partial charge in [0.05, 0.1) is 26.4 Å². The number of methoxy groups -OCH3 is 1. The van der Waals surface area contributed by atoms with Gasteiger partial charge >= 0.3 is 0 Å². The van der Waals surface area contributed by atoms with E-state index in [1.54, 1.807) is 7.11 Å². The maximum Gasteiger partial charge on any atom is 0.258 e. The molecule has 0 bridgehead atoms. The number of benzene rings is 2. The summed E-state index contributed by atoms with van der Waals surface area (Å²) < 4.78 is 16.5. The smallest absolute Gasteiger partial charge is 0.258 e. The summed E-state index contributed by atoms with van der Waals surface area (Å²) in [5.41, 5.74) is 3.24. The highest BCUT2D eigenvalue weighted by molar-refractivity contribution is 5.78. The van der Waals surface area contributed by atoms with Crippen LogP contribution in [0.4, 0.5) is 5.69 Å². The number of hydrogen-bond donors (Lipinski definition) is 1. The van der Waals surface area contributed by atoms with Crippen LogP contribution < -0.4 is 19.7 Å². The maximum absolute atomic E-state index is 12.4. The lowest BCUT2D eigenvalue weighted by molar-refractivity contribution is -0.123. The molecule has 1 heterocycles. The second-order valence-electron chi connectivity index (χ2n) is 7.18. The van der Waals surface area contributed by atoms with Crippen LogP contribution in [0.2, 0.25) is 0 Å². The summed E-state index contributed by atoms with van der Waals surface area (Å²) in [5, 5.41) is 2.99. The minimum absolute atomic E-state index is 0.0739. The van der Waals surface area contributed by atoms with Crippen molar-refractivity contribution >= 4 is 17.7 Å². The summed E-state index contributed by atoms with van der Waals surface area (Å²) in [6.07, 6.45) is 3.93. The fourth-order valence-electron chi connectivity index (χ4n) is 3.40. The Morgan fingerprint density at radius 1 is 1.17 bits per heavy atom. The van der Waals surface area contributed by atoms with Gasteiger partial charge in [-0.05, 0) is 49.2 Å². The van der Waals surface area contributed by atoms with E-state index in [2.05, 4.69) is 34.5 Å². The molecule has 1 aliphatic rings. The number of hydrogen-bond acceptors (Lipinski definition) is 5. The maximum atomic E-state index is 12.4. The van der Waals surface area contributed by atoms with E-state index in [4.69, 9.17) is 14.2 Å². The van der Waals surface area contributed by atoms with Gasteiger partial charge in [-0.15, -0.1) is 0 Å². The van der Waals surface area contributed by atoms with E-state index in [9.17, 15) is 4.79 Å². The number of morpholine rings is 1. The highest BCUT2D eigenvalue weighted by Gasteiger charge is 2.14. The van der Waals surface area contributed by atoms with Crippen molar-refractivity contribution in [1.82, 2.24) is 5.32 Å². The van der Waals surface area contributed by atoms with E-state index in [1.807, 2.05) is 44.2 Å². The van der Waals surface area contributed by atoms with Crippen molar-refractivity contribution in [3.63, 3.8) is 0 Å². The Morgan fingerprint density at radius 2 is 1.90 bits per heavy atom. The van der Waals surface area contributed by atoms with E-state index in [-0.39, 0.29) is 18.6 Å². The Morgan fingerprint density at radius 3 is 2.57 bits per heavy atom. The molecule has 160 valence electrons. The Bertz CT molecular complexity index is 858. The molecule has 0 saturated carbocycles. The molecule has 1 saturated heterocycles. The number of carbonyl (C=O) groups is 1. The van der Waals surface area contributed by atoms with Crippen molar-refractivity contribution in [2.45, 2.75) is 19.9 Å². The van der Waals surface area contributed by atoms with Crippen LogP contribution in [0.15, 0.2) is 48.5 Å². The predicted molar refractivity (Wildman–Crippen MR) is 119 cm³/mol. The average Bonchev–Trinajstić information content (AvgIpc) is 2.79. The van der Waals surface area contributed by atoms with Crippen molar-refractivity contribution in [2.24, 2.45) is 0 Å². The van der Waals surface area contributed by atoms with E-state index in [1.165, 1.54) is 5.69 Å². The lowest BCUT2D eigenvalue weighted by atomic mass is 10.1. The number of carbonyl (C=O) groups excluding carboxylic acids is 1. The Kier molecular flexibility index (Phi) is 7.74. The molecule has 0 aliphatic carbocycles. The van der Waals surface area contributed by atoms with E-state index >= 15 is 0 Å². The fourth-order valence-corrected chi connectivity index (χ4v) is 3.40. The zero-order valence-electron chi connectivity index (χ0n) is 17.9. The second-order valence-corrected chi connectivity index (χ2v) is 7.18. The molecule has 0 radical (unpaired) electrons. The van der Waals surface area contributed by atoms with Crippen LogP contribution in [0.1, 0.15) is 31.0 Å². The topological polar surface area (TPSA) is 60.0 Å². The van der Waals surface area contributed by atoms with Gasteiger partial charge in [-0.1, -0.05) is 30.4 Å². The molecule has 1 unspecified atom stereocenters. The lowest BCUT2D eigenvalue weighted by Gasteiger charge is -2.29. The summed E-state index contributed by atoms with van der Waals surface area (Å²) in [7, 11) is 1.59. The van der Waals surface area contributed by atoms with Crippen LogP contribution >= 0.6 is 0 Å². The SMILES string of the molecule is C/C=C/c1ccc(OCC(=O)NC(C)c2ccc(N3CCOCC3)cc2)c(OC)c1. The molecule has 1 fully saturated rings. The summed E-state index contributed by atoms with van der Waals surface area (Å²) >= 11 is 0. The van der Waals surface area contributed by atoms with Gasteiger partial charge in [-0.25, -0.2) is 0 Å². The molecule has 1 N–H and O–H groups in total. The largest absolute Gasteiger partial charge is 0.493 e. The van der Waals surface area contributed by atoms with Gasteiger partial charge < -0.3 is 24.4 Å². The zero-order chi connectivity index (χ0) is 21.3. The molecule has 1 aliphatic heterocycles. The van der Waals surface area contributed by atoms with E-state index < -0.39 is 0 Å². The highest BCUT2D eigenvalue weighted by atomic mass is 16.5. The summed E-state index contributed by atoms with van der Waals surface area (Å²) in [6.45, 7) is 7.18. The molecular formula is C24H30N2O4. The molecule has 3 rings (SSSR count). The number of ether oxygens (including phenoxy) is 3. The molecule has 1 amide bonds. The molecule has 6 heteroatoms. The monoisotopic (exact) mass is 410 g/mol. The average molecular weight is 411 g/mol. The standard InChI is InChI=1S/C24H30N2O4/c1-4-5-19-6-11-22(23(16-19)28-3)30-17-24(27)25-18(2)20-7-9-21(10-8-20)26-12-14-29-15-13-26/h4-11,16,18H,12-15,17H2,1-3H3,(H,25,27)/b5-4+. The zero-order valence-corrected chi connectivity index (χ0v) is 17.9. The van der Waals surface area contributed by atoms with Gasteiger partial charge in [-0.2, -0.15) is 0 Å². The van der Waals surface area contributed by atoms with Crippen LogP contribution in [-0.4, -0.2) is 45.9 Å². The van der Waals surface area contributed by atoms with Gasteiger partial charge in [-0.3, -0.25) is 4.79 Å². The van der Waals surface area contributed by atoms with E-state index in [0.29, 0.717) is 11.5 Å². The van der Waals surface area contributed by atoms with Crippen molar-refractivity contribution < 1.29 is 19.0 Å². The quantitative estimate of drug-likeness (QED) is 0.717. The Hall–Kier alpha value is -2.99. The number of nitrogens with zero attached hydrogens (tertiary/aromatic N) is 1. The van der Waals surface area contributed by atoms with Crippen LogP contribution in [0.5, 0.6) is 11.5 Å². The van der Waals surface area contributed by atoms with Crippen LogP contribution in [0.25, 0.3) is 6.08 Å². The minimum atomic E-state index is -0.181. The van der Waals surface area contributed by atoms with Gasteiger partial charge in [0.25, 0.3) is 5.91 Å². The lowest BCUT2D eigenvalue weighted by Crippen LogP contribution is -2.36. The normalized spacial score (nSPS) is 15.1. The first-order valence-corrected chi connectivity index (χ1v) is 10.3. The first-order valence-electron chi connectivity index (χ1n) is 10.3. The molecule has 6 nitrogen and oxygen atoms in total. The van der Waals surface area contributed by atoms with Crippen molar-refractivity contribution in [1.29, 1.82) is 0 Å². The number of allylic oxidation sites excluding steroid dienone is 1. The Balaban J connectivity index is 1.53. The van der Waals surface area contributed by atoms with Crippen molar-refractivity contribution in [3.05, 3.63) is 59.7 Å². The summed E-state index contributed by atoms with van der Waals surface area (Å²) in [6, 6.07) is 13.8. The predicted octanol–water partition coefficient (Wildman–Crippen LogP) is 3.82. The van der Waals surface area contributed by atoms with Crippen LogP contribution in [-0.2, 0) is 9.53 Å². The van der Waals surface area contributed by atoms with Gasteiger partial charge in [0, 0.05) is 18.8 Å². The molecule has 2 aromatic carbocycles. The molecule has 0 aromatic heterocycles. The molecular weight excluding hydrogens is 380 g/mol. The summed E-state index contributed by atoms with van der Waals surface area (Å²) in [5.74, 6) is 0.966. The van der Waals surface area contributed by atoms with Crippen LogP contribution in [0.3, 0.4) is 0 Å². The van der Waals surface area contributed by atoms with Gasteiger partial charge in [0.15, 0.2) is 18.1 Å². The number of rotatable bonds is 8. The number of anilines is 1. The third-order valence-corrected chi connectivity index (χ3v) is 5.05. The second kappa shape index (κ2) is 10.7. The molecule has 1 atom stereocenters. The fraction of sp³-hybridized carbons (Fsp3) is 0.375. The number of nitrogens with one attached hydrogen (secondary N) is 1. The first-order chi connectivity index (χ1) is 14.6. The van der Waals surface area contributed by atoms with E-state index in [0.717, 1.165) is 37.4 Å². The molecule has 30 heavy (non-hydrogen) atoms. The van der Waals surface area contributed by atoms with Gasteiger partial charge in [0.2, 0.25) is 0 Å². The van der Waals surface area contributed by atoms with Crippen LogP contribution in [0, 0.1) is 0 Å².